The van der Waals surface area contributed by atoms with Crippen LogP contribution >= 0.6 is 0 Å². The Bertz CT molecular complexity index is 688. The molecule has 0 heterocycles. The van der Waals surface area contributed by atoms with E-state index in [1.807, 2.05) is 36.4 Å². The Morgan fingerprint density at radius 3 is 2.18 bits per heavy atom. The van der Waals surface area contributed by atoms with Gasteiger partial charge < -0.3 is 15.7 Å². The zero-order valence-electron chi connectivity index (χ0n) is 11.8. The van der Waals surface area contributed by atoms with E-state index in [0.29, 0.717) is 12.1 Å². The Labute approximate surface area is 128 Å². The van der Waals surface area contributed by atoms with Crippen LogP contribution in [0.4, 0.5) is 10.5 Å². The average molecular weight is 296 g/mol. The molecule has 2 aromatic carbocycles. The number of carboxylic acid groups (broad SMARTS) is 1. The van der Waals surface area contributed by atoms with Crippen LogP contribution in [-0.2, 0) is 4.79 Å². The smallest absolute Gasteiger partial charge is 0.330 e. The molecule has 1 aliphatic rings. The van der Waals surface area contributed by atoms with E-state index in [1.54, 1.807) is 24.3 Å². The maximum atomic E-state index is 12.1. The van der Waals surface area contributed by atoms with Gasteiger partial charge >= 0.3 is 12.0 Å². The highest BCUT2D eigenvalue weighted by Gasteiger charge is 2.62. The van der Waals surface area contributed by atoms with E-state index in [0.717, 1.165) is 5.56 Å². The highest BCUT2D eigenvalue weighted by molar-refractivity contribution is 5.96. The highest BCUT2D eigenvalue weighted by atomic mass is 16.4. The third-order valence-electron chi connectivity index (χ3n) is 3.91. The lowest BCUT2D eigenvalue weighted by Crippen LogP contribution is -2.46. The van der Waals surface area contributed by atoms with Crippen molar-refractivity contribution in [3.05, 3.63) is 66.2 Å². The van der Waals surface area contributed by atoms with Crippen LogP contribution in [0.5, 0.6) is 0 Å². The fourth-order valence-corrected chi connectivity index (χ4v) is 2.67. The molecule has 2 atom stereocenters. The topological polar surface area (TPSA) is 78.4 Å². The van der Waals surface area contributed by atoms with Crippen molar-refractivity contribution in [3.63, 3.8) is 0 Å². The van der Waals surface area contributed by atoms with Gasteiger partial charge in [-0.15, -0.1) is 0 Å². The summed E-state index contributed by atoms with van der Waals surface area (Å²) in [5.74, 6) is -1.21. The van der Waals surface area contributed by atoms with E-state index in [2.05, 4.69) is 10.6 Å². The summed E-state index contributed by atoms with van der Waals surface area (Å²) >= 11 is 0. The Balaban J connectivity index is 1.72. The summed E-state index contributed by atoms with van der Waals surface area (Å²) in [6.45, 7) is 0. The molecule has 2 amide bonds. The Kier molecular flexibility index (Phi) is 3.55. The van der Waals surface area contributed by atoms with Crippen LogP contribution < -0.4 is 10.6 Å². The SMILES string of the molecule is O=C(Nc1ccccc1)NC1(C(=O)O)CC1c1ccccc1. The number of nitrogens with one attached hydrogen (secondary N) is 2. The molecule has 22 heavy (non-hydrogen) atoms. The summed E-state index contributed by atoms with van der Waals surface area (Å²) in [6.07, 6.45) is 0.397. The number of carboxylic acids is 1. The first-order valence-corrected chi connectivity index (χ1v) is 7.04. The second-order valence-corrected chi connectivity index (χ2v) is 5.39. The first-order chi connectivity index (χ1) is 10.6. The monoisotopic (exact) mass is 296 g/mol. The largest absolute Gasteiger partial charge is 0.479 e. The number of hydrogen-bond acceptors (Lipinski definition) is 2. The fourth-order valence-electron chi connectivity index (χ4n) is 2.67. The van der Waals surface area contributed by atoms with E-state index in [1.165, 1.54) is 0 Å². The predicted octanol–water partition coefficient (Wildman–Crippen LogP) is 2.82. The summed E-state index contributed by atoms with van der Waals surface area (Å²) in [6, 6.07) is 17.8. The van der Waals surface area contributed by atoms with Gasteiger partial charge in [-0.1, -0.05) is 48.5 Å². The maximum absolute atomic E-state index is 12.1. The number of benzene rings is 2. The molecular weight excluding hydrogens is 280 g/mol. The summed E-state index contributed by atoms with van der Waals surface area (Å²) in [7, 11) is 0. The van der Waals surface area contributed by atoms with Crippen molar-refractivity contribution in [1.29, 1.82) is 0 Å². The second kappa shape index (κ2) is 5.52. The normalized spacial score (nSPS) is 22.6. The van der Waals surface area contributed by atoms with Crippen LogP contribution in [0, 0.1) is 0 Å². The lowest BCUT2D eigenvalue weighted by atomic mass is 10.1. The van der Waals surface area contributed by atoms with Gasteiger partial charge in [0, 0.05) is 11.6 Å². The van der Waals surface area contributed by atoms with Crippen LogP contribution in [0.25, 0.3) is 0 Å². The molecule has 2 unspecified atom stereocenters. The van der Waals surface area contributed by atoms with E-state index < -0.39 is 17.5 Å². The van der Waals surface area contributed by atoms with E-state index in [-0.39, 0.29) is 5.92 Å². The molecular formula is C17H16N2O3. The molecule has 0 aliphatic heterocycles. The number of carbonyl (C=O) groups is 2. The van der Waals surface area contributed by atoms with Crippen molar-refractivity contribution in [2.24, 2.45) is 0 Å². The fraction of sp³-hybridized carbons (Fsp3) is 0.176. The van der Waals surface area contributed by atoms with Crippen molar-refractivity contribution >= 4 is 17.7 Å². The Morgan fingerprint density at radius 2 is 1.59 bits per heavy atom. The molecule has 3 N–H and O–H groups in total. The Hall–Kier alpha value is -2.82. The zero-order valence-corrected chi connectivity index (χ0v) is 11.8. The number of urea groups is 1. The van der Waals surface area contributed by atoms with Gasteiger partial charge in [-0.25, -0.2) is 9.59 Å². The molecule has 2 aromatic rings. The minimum absolute atomic E-state index is 0.201. The van der Waals surface area contributed by atoms with Crippen molar-refractivity contribution in [2.75, 3.05) is 5.32 Å². The molecule has 0 spiro atoms. The van der Waals surface area contributed by atoms with E-state index >= 15 is 0 Å². The van der Waals surface area contributed by atoms with Crippen molar-refractivity contribution in [3.8, 4) is 0 Å². The van der Waals surface area contributed by atoms with Crippen molar-refractivity contribution in [2.45, 2.75) is 17.9 Å². The van der Waals surface area contributed by atoms with Crippen molar-refractivity contribution < 1.29 is 14.7 Å². The quantitative estimate of drug-likeness (QED) is 0.811. The van der Waals surface area contributed by atoms with Gasteiger partial charge in [0.1, 0.15) is 5.54 Å². The number of hydrogen-bond donors (Lipinski definition) is 3. The first-order valence-electron chi connectivity index (χ1n) is 7.04. The molecule has 0 aromatic heterocycles. The third kappa shape index (κ3) is 2.65. The van der Waals surface area contributed by atoms with Gasteiger partial charge in [0.25, 0.3) is 0 Å². The molecule has 5 heteroatoms. The molecule has 112 valence electrons. The van der Waals surface area contributed by atoms with Crippen molar-refractivity contribution in [1.82, 2.24) is 5.32 Å². The summed E-state index contributed by atoms with van der Waals surface area (Å²) in [4.78, 5) is 23.7. The van der Waals surface area contributed by atoms with Crippen LogP contribution in [0.3, 0.4) is 0 Å². The second-order valence-electron chi connectivity index (χ2n) is 5.39. The van der Waals surface area contributed by atoms with Crippen LogP contribution in [-0.4, -0.2) is 22.6 Å². The van der Waals surface area contributed by atoms with E-state index in [4.69, 9.17) is 0 Å². The maximum Gasteiger partial charge on any atom is 0.330 e. The van der Waals surface area contributed by atoms with Gasteiger partial charge in [-0.2, -0.15) is 0 Å². The molecule has 0 radical (unpaired) electrons. The molecule has 0 bridgehead atoms. The number of anilines is 1. The summed E-state index contributed by atoms with van der Waals surface area (Å²) in [5, 5.41) is 14.8. The molecule has 1 aliphatic carbocycles. The van der Waals surface area contributed by atoms with Gasteiger partial charge in [0.05, 0.1) is 0 Å². The number of aliphatic carboxylic acids is 1. The first kappa shape index (κ1) is 14.1. The number of amides is 2. The van der Waals surface area contributed by atoms with E-state index in [9.17, 15) is 14.7 Å². The number of rotatable bonds is 4. The highest BCUT2D eigenvalue weighted by Crippen LogP contribution is 2.51. The van der Waals surface area contributed by atoms with Crippen LogP contribution in [0.1, 0.15) is 17.9 Å². The van der Waals surface area contributed by atoms with Crippen LogP contribution in [0.2, 0.25) is 0 Å². The predicted molar refractivity (Wildman–Crippen MR) is 82.8 cm³/mol. The van der Waals surface area contributed by atoms with Gasteiger partial charge in [-0.3, -0.25) is 0 Å². The number of para-hydroxylation sites is 1. The summed E-state index contributed by atoms with van der Waals surface area (Å²) in [5.41, 5.74) is 0.322. The Morgan fingerprint density at radius 1 is 1.00 bits per heavy atom. The van der Waals surface area contributed by atoms with Gasteiger partial charge in [-0.05, 0) is 24.1 Å². The molecule has 1 fully saturated rings. The lowest BCUT2D eigenvalue weighted by molar-refractivity contribution is -0.140. The molecule has 1 saturated carbocycles. The molecule has 0 saturated heterocycles. The summed E-state index contributed by atoms with van der Waals surface area (Å²) < 4.78 is 0. The zero-order chi connectivity index (χ0) is 15.6. The van der Waals surface area contributed by atoms with Gasteiger partial charge in [0.15, 0.2) is 0 Å². The number of carbonyl (C=O) groups excluding carboxylic acids is 1. The minimum Gasteiger partial charge on any atom is -0.479 e. The van der Waals surface area contributed by atoms with Gasteiger partial charge in [0.2, 0.25) is 0 Å². The standard InChI is InChI=1S/C17H16N2O3/c20-15(21)17(11-14(17)12-7-3-1-4-8-12)19-16(22)18-13-9-5-2-6-10-13/h1-10,14H,11H2,(H,20,21)(H2,18,19,22). The van der Waals surface area contributed by atoms with Crippen LogP contribution in [0.15, 0.2) is 60.7 Å². The molecule has 5 nitrogen and oxygen atoms in total. The lowest BCUT2D eigenvalue weighted by Gasteiger charge is -2.16. The minimum atomic E-state index is -1.22. The third-order valence-corrected chi connectivity index (χ3v) is 3.91. The molecule has 3 rings (SSSR count). The average Bonchev–Trinajstić information content (AvgIpc) is 3.25.